The standard InChI is InChI=1S/C29H35FN8O4/c1-15-21(34-25(40)17-8-6-9-18-22(17)42-12-11-28(18,2)3)14-37-26(31)35-20(23-29(15,37)38(41)27(32)36-23)13-33-24(39)16-7-4-5-10-19(16)30/h4-10,15,20-21,23,41H,11-14H2,1-3H3,(H2,31,35)(H2,32,36)(H,33,39)(H,34,40)/t15-,20+,21?,23?,29?/m1/s1. The molecule has 0 aromatic heterocycles. The van der Waals surface area contributed by atoms with Gasteiger partial charge < -0.3 is 31.7 Å². The number of nitrogens with one attached hydrogen (secondary N) is 2. The molecule has 5 atom stereocenters. The van der Waals surface area contributed by atoms with Crippen LogP contribution in [0.3, 0.4) is 0 Å². The van der Waals surface area contributed by atoms with Gasteiger partial charge in [-0.1, -0.05) is 45.0 Å². The molecule has 0 saturated carbocycles. The highest BCUT2D eigenvalue weighted by Crippen LogP contribution is 2.47. The number of guanidine groups is 2. The molecule has 222 valence electrons. The van der Waals surface area contributed by atoms with E-state index < -0.39 is 41.4 Å². The van der Waals surface area contributed by atoms with Crippen LogP contribution in [0, 0.1) is 11.7 Å². The number of benzene rings is 2. The van der Waals surface area contributed by atoms with Crippen molar-refractivity contribution in [1.82, 2.24) is 20.6 Å². The molecule has 1 saturated heterocycles. The normalized spacial score (nSPS) is 29.0. The first-order valence-electron chi connectivity index (χ1n) is 14.0. The first-order chi connectivity index (χ1) is 20.0. The number of aliphatic imine (C=N–C) groups is 2. The van der Waals surface area contributed by atoms with E-state index in [1.165, 1.54) is 18.2 Å². The average Bonchev–Trinajstić information content (AvgIpc) is 3.40. The van der Waals surface area contributed by atoms with Gasteiger partial charge in [-0.15, -0.1) is 0 Å². The number of carbonyl (C=O) groups excluding carboxylic acids is 2. The Morgan fingerprint density at radius 3 is 2.60 bits per heavy atom. The van der Waals surface area contributed by atoms with Crippen molar-refractivity contribution in [2.75, 3.05) is 19.7 Å². The molecule has 2 amide bonds. The number of halogens is 1. The van der Waals surface area contributed by atoms with E-state index in [9.17, 15) is 19.2 Å². The number of carbonyl (C=O) groups is 2. The molecule has 13 heteroatoms. The SMILES string of the molecule is C[C@@H]1C(NC(=O)c2cccc3c2OCCC3(C)C)CN2C(N)=N[C@@H](CNC(=O)c3ccccc3F)C3N=C(N)N(O)C312. The van der Waals surface area contributed by atoms with Crippen LogP contribution in [0.25, 0.3) is 0 Å². The molecule has 42 heavy (non-hydrogen) atoms. The fourth-order valence-corrected chi connectivity index (χ4v) is 6.80. The quantitative estimate of drug-likeness (QED) is 0.352. The minimum absolute atomic E-state index is 0.0359. The van der Waals surface area contributed by atoms with Crippen molar-refractivity contribution < 1.29 is 23.9 Å². The molecular weight excluding hydrogens is 543 g/mol. The summed E-state index contributed by atoms with van der Waals surface area (Å²) in [6, 6.07) is 9.28. The van der Waals surface area contributed by atoms with Crippen molar-refractivity contribution >= 4 is 23.7 Å². The predicted molar refractivity (Wildman–Crippen MR) is 153 cm³/mol. The molecular formula is C29H35FN8O4. The van der Waals surface area contributed by atoms with Crippen LogP contribution in [0.1, 0.15) is 53.5 Å². The van der Waals surface area contributed by atoms with Crippen LogP contribution >= 0.6 is 0 Å². The first kappa shape index (κ1) is 27.8. The van der Waals surface area contributed by atoms with E-state index in [1.807, 2.05) is 19.1 Å². The summed E-state index contributed by atoms with van der Waals surface area (Å²) in [5.74, 6) is -1.47. The van der Waals surface area contributed by atoms with Gasteiger partial charge in [0.15, 0.2) is 11.6 Å². The minimum atomic E-state index is -1.27. The number of nitrogens with two attached hydrogens (primary N) is 2. The number of nitrogens with zero attached hydrogens (tertiary/aromatic N) is 4. The van der Waals surface area contributed by atoms with Gasteiger partial charge in [0.05, 0.1) is 29.8 Å². The number of ether oxygens (including phenoxy) is 1. The second-order valence-corrected chi connectivity index (χ2v) is 11.9. The maximum absolute atomic E-state index is 14.2. The summed E-state index contributed by atoms with van der Waals surface area (Å²) in [6.07, 6.45) is 0.845. The molecule has 4 aliphatic rings. The zero-order valence-corrected chi connectivity index (χ0v) is 23.7. The van der Waals surface area contributed by atoms with Crippen molar-refractivity contribution in [2.24, 2.45) is 27.4 Å². The van der Waals surface area contributed by atoms with Gasteiger partial charge in [0.25, 0.3) is 11.8 Å². The van der Waals surface area contributed by atoms with E-state index in [0.29, 0.717) is 17.9 Å². The lowest BCUT2D eigenvalue weighted by molar-refractivity contribution is -0.166. The van der Waals surface area contributed by atoms with Crippen LogP contribution in [0.5, 0.6) is 5.75 Å². The van der Waals surface area contributed by atoms with E-state index in [0.717, 1.165) is 17.0 Å². The molecule has 7 N–H and O–H groups in total. The Bertz CT molecular complexity index is 1510. The molecule has 4 heterocycles. The molecule has 2 aromatic rings. The molecule has 0 radical (unpaired) electrons. The Balaban J connectivity index is 1.26. The van der Waals surface area contributed by atoms with Gasteiger partial charge in [-0.05, 0) is 30.0 Å². The third-order valence-corrected chi connectivity index (χ3v) is 9.16. The maximum atomic E-state index is 14.2. The third kappa shape index (κ3) is 4.05. The van der Waals surface area contributed by atoms with Gasteiger partial charge in [0, 0.05) is 24.6 Å². The van der Waals surface area contributed by atoms with Gasteiger partial charge in [-0.2, -0.15) is 5.06 Å². The average molecular weight is 579 g/mol. The molecule has 1 fully saturated rings. The van der Waals surface area contributed by atoms with Gasteiger partial charge in [0.2, 0.25) is 5.96 Å². The largest absolute Gasteiger partial charge is 0.492 e. The Kier molecular flexibility index (Phi) is 6.52. The van der Waals surface area contributed by atoms with Crippen LogP contribution in [-0.4, -0.2) is 82.4 Å². The van der Waals surface area contributed by atoms with Crippen molar-refractivity contribution in [3.63, 3.8) is 0 Å². The van der Waals surface area contributed by atoms with Crippen LogP contribution in [0.2, 0.25) is 0 Å². The van der Waals surface area contributed by atoms with Crippen LogP contribution < -0.4 is 26.8 Å². The minimum Gasteiger partial charge on any atom is -0.492 e. The lowest BCUT2D eigenvalue weighted by Gasteiger charge is -2.49. The number of rotatable bonds is 5. The second-order valence-electron chi connectivity index (χ2n) is 11.9. The zero-order chi connectivity index (χ0) is 30.0. The third-order valence-electron chi connectivity index (χ3n) is 9.16. The summed E-state index contributed by atoms with van der Waals surface area (Å²) in [7, 11) is 0. The first-order valence-corrected chi connectivity index (χ1v) is 14.0. The summed E-state index contributed by atoms with van der Waals surface area (Å²) in [5, 5.41) is 18.0. The smallest absolute Gasteiger partial charge is 0.255 e. The van der Waals surface area contributed by atoms with E-state index in [4.69, 9.17) is 16.2 Å². The maximum Gasteiger partial charge on any atom is 0.255 e. The van der Waals surface area contributed by atoms with Gasteiger partial charge >= 0.3 is 0 Å². The van der Waals surface area contributed by atoms with Crippen molar-refractivity contribution in [2.45, 2.75) is 56.4 Å². The molecule has 4 aliphatic heterocycles. The number of hydrogen-bond donors (Lipinski definition) is 5. The van der Waals surface area contributed by atoms with Crippen LogP contribution in [0.15, 0.2) is 52.4 Å². The Hall–Kier alpha value is -4.39. The Morgan fingerprint density at radius 2 is 1.83 bits per heavy atom. The van der Waals surface area contributed by atoms with Crippen molar-refractivity contribution in [1.29, 1.82) is 0 Å². The van der Waals surface area contributed by atoms with E-state index in [-0.39, 0.29) is 41.9 Å². The van der Waals surface area contributed by atoms with Crippen LogP contribution in [-0.2, 0) is 5.41 Å². The molecule has 1 spiro atoms. The second kappa shape index (κ2) is 9.86. The number of fused-ring (bicyclic) bond motifs is 1. The monoisotopic (exact) mass is 578 g/mol. The molecule has 3 unspecified atom stereocenters. The molecule has 0 aliphatic carbocycles. The highest BCUT2D eigenvalue weighted by atomic mass is 19.1. The summed E-state index contributed by atoms with van der Waals surface area (Å²) < 4.78 is 20.1. The Labute approximate surface area is 242 Å². The topological polar surface area (TPSA) is 171 Å². The van der Waals surface area contributed by atoms with Gasteiger partial charge in [0.1, 0.15) is 17.6 Å². The van der Waals surface area contributed by atoms with Gasteiger partial charge in [-0.3, -0.25) is 14.8 Å². The van der Waals surface area contributed by atoms with Crippen molar-refractivity contribution in [3.05, 3.63) is 65.0 Å². The number of amides is 2. The number of hydroxylamine groups is 2. The van der Waals surface area contributed by atoms with E-state index in [1.54, 1.807) is 17.0 Å². The Morgan fingerprint density at radius 1 is 1.10 bits per heavy atom. The van der Waals surface area contributed by atoms with Gasteiger partial charge in [-0.25, -0.2) is 14.4 Å². The molecule has 0 bridgehead atoms. The highest BCUT2D eigenvalue weighted by Gasteiger charge is 2.68. The lowest BCUT2D eigenvalue weighted by atomic mass is 9.79. The molecule has 2 aromatic carbocycles. The highest BCUT2D eigenvalue weighted by molar-refractivity contribution is 5.98. The summed E-state index contributed by atoms with van der Waals surface area (Å²) in [5.41, 5.74) is 12.5. The fourth-order valence-electron chi connectivity index (χ4n) is 6.80. The lowest BCUT2D eigenvalue weighted by Crippen LogP contribution is -2.71. The summed E-state index contributed by atoms with van der Waals surface area (Å²) >= 11 is 0. The summed E-state index contributed by atoms with van der Waals surface area (Å²) in [4.78, 5) is 37.2. The summed E-state index contributed by atoms with van der Waals surface area (Å²) in [6.45, 7) is 6.84. The van der Waals surface area contributed by atoms with E-state index in [2.05, 4.69) is 34.5 Å². The number of para-hydroxylation sites is 1. The molecule has 6 rings (SSSR count). The predicted octanol–water partition coefficient (Wildman–Crippen LogP) is 1.15. The fraction of sp³-hybridized carbons (Fsp3) is 0.448. The molecule has 12 nitrogen and oxygen atoms in total. The number of hydrogen-bond acceptors (Lipinski definition) is 10. The van der Waals surface area contributed by atoms with E-state index >= 15 is 0 Å². The zero-order valence-electron chi connectivity index (χ0n) is 23.7. The van der Waals surface area contributed by atoms with Crippen molar-refractivity contribution in [3.8, 4) is 5.75 Å². The van der Waals surface area contributed by atoms with Crippen LogP contribution in [0.4, 0.5) is 4.39 Å².